The second kappa shape index (κ2) is 3.19. The van der Waals surface area contributed by atoms with Crippen molar-refractivity contribution in [2.45, 2.75) is 13.8 Å². The van der Waals surface area contributed by atoms with Crippen molar-refractivity contribution in [3.63, 3.8) is 0 Å². The monoisotopic (exact) mass is 148 g/mol. The van der Waals surface area contributed by atoms with Crippen molar-refractivity contribution < 1.29 is 0 Å². The summed E-state index contributed by atoms with van der Waals surface area (Å²) in [6.07, 6.45) is 5.45. The zero-order valence-corrected chi connectivity index (χ0v) is 6.83. The third-order valence-corrected chi connectivity index (χ3v) is 1.52. The number of hydrogen-bond donors (Lipinski definition) is 1. The lowest BCUT2D eigenvalue weighted by Gasteiger charge is -1.99. The van der Waals surface area contributed by atoms with Gasteiger partial charge in [-0.15, -0.1) is 0 Å². The van der Waals surface area contributed by atoms with Gasteiger partial charge >= 0.3 is 0 Å². The van der Waals surface area contributed by atoms with Crippen LogP contribution in [0, 0.1) is 6.92 Å². The Balaban J connectivity index is 3.06. The molecule has 0 aliphatic heterocycles. The van der Waals surface area contributed by atoms with Gasteiger partial charge in [-0.3, -0.25) is 4.98 Å². The van der Waals surface area contributed by atoms with Gasteiger partial charge in [-0.05, 0) is 25.5 Å². The maximum atomic E-state index is 5.68. The van der Waals surface area contributed by atoms with Crippen LogP contribution < -0.4 is 5.73 Å². The fourth-order valence-electron chi connectivity index (χ4n) is 0.879. The molecule has 0 fully saturated rings. The van der Waals surface area contributed by atoms with Gasteiger partial charge in [0.25, 0.3) is 0 Å². The number of allylic oxidation sites excluding steroid dienone is 1. The predicted molar refractivity (Wildman–Crippen MR) is 46.8 cm³/mol. The van der Waals surface area contributed by atoms with E-state index in [9.17, 15) is 0 Å². The number of nitrogens with two attached hydrogens (primary N) is 1. The molecule has 2 nitrogen and oxygen atoms in total. The summed E-state index contributed by atoms with van der Waals surface area (Å²) in [5.41, 5.74) is 8.59. The molecule has 58 valence electrons. The Hall–Kier alpha value is -1.31. The van der Waals surface area contributed by atoms with Gasteiger partial charge in [-0.25, -0.2) is 0 Å². The lowest BCUT2D eigenvalue weighted by Crippen LogP contribution is -1.96. The third-order valence-electron chi connectivity index (χ3n) is 1.52. The number of aryl methyl sites for hydroxylation is 1. The molecule has 0 aliphatic rings. The molecule has 0 amide bonds. The summed E-state index contributed by atoms with van der Waals surface area (Å²) >= 11 is 0. The molecule has 1 aromatic heterocycles. The first-order chi connectivity index (χ1) is 5.24. The van der Waals surface area contributed by atoms with Gasteiger partial charge < -0.3 is 5.73 Å². The number of hydrogen-bond acceptors (Lipinski definition) is 2. The second-order valence-corrected chi connectivity index (χ2v) is 2.49. The van der Waals surface area contributed by atoms with E-state index < -0.39 is 0 Å². The van der Waals surface area contributed by atoms with Crippen LogP contribution in [0.3, 0.4) is 0 Å². The second-order valence-electron chi connectivity index (χ2n) is 2.49. The van der Waals surface area contributed by atoms with E-state index in [0.29, 0.717) is 0 Å². The zero-order valence-electron chi connectivity index (χ0n) is 6.83. The summed E-state index contributed by atoms with van der Waals surface area (Å²) in [5.74, 6) is 0. The standard InChI is InChI=1S/C9H12N2/c1-3-9(10)8-4-7(2)5-11-6-8/h3-6H,10H2,1-2H3. The van der Waals surface area contributed by atoms with Gasteiger partial charge in [0.1, 0.15) is 0 Å². The summed E-state index contributed by atoms with van der Waals surface area (Å²) in [5, 5.41) is 0. The van der Waals surface area contributed by atoms with E-state index in [1.54, 1.807) is 6.20 Å². The van der Waals surface area contributed by atoms with E-state index in [-0.39, 0.29) is 0 Å². The molecule has 1 aromatic rings. The Bertz CT molecular complexity index is 277. The molecular weight excluding hydrogens is 136 g/mol. The van der Waals surface area contributed by atoms with Crippen molar-refractivity contribution in [3.05, 3.63) is 35.7 Å². The average molecular weight is 148 g/mol. The highest BCUT2D eigenvalue weighted by molar-refractivity contribution is 5.61. The Labute approximate surface area is 66.8 Å². The maximum Gasteiger partial charge on any atom is 0.0361 e. The smallest absolute Gasteiger partial charge is 0.0361 e. The number of aromatic nitrogens is 1. The van der Waals surface area contributed by atoms with E-state index in [4.69, 9.17) is 5.73 Å². The molecule has 0 bridgehead atoms. The number of pyridine rings is 1. The maximum absolute atomic E-state index is 5.68. The molecular formula is C9H12N2. The molecule has 0 aliphatic carbocycles. The van der Waals surface area contributed by atoms with Crippen LogP contribution in [0.1, 0.15) is 18.1 Å². The van der Waals surface area contributed by atoms with Crippen LogP contribution in [-0.2, 0) is 0 Å². The van der Waals surface area contributed by atoms with Crippen LogP contribution in [-0.4, -0.2) is 4.98 Å². The fraction of sp³-hybridized carbons (Fsp3) is 0.222. The molecule has 0 saturated heterocycles. The van der Waals surface area contributed by atoms with Gasteiger partial charge in [0, 0.05) is 23.7 Å². The van der Waals surface area contributed by atoms with Gasteiger partial charge in [0.15, 0.2) is 0 Å². The van der Waals surface area contributed by atoms with Crippen molar-refractivity contribution in [1.82, 2.24) is 4.98 Å². The van der Waals surface area contributed by atoms with Crippen LogP contribution in [0.2, 0.25) is 0 Å². The highest BCUT2D eigenvalue weighted by Gasteiger charge is 1.94. The Kier molecular flexibility index (Phi) is 2.26. The van der Waals surface area contributed by atoms with Crippen LogP contribution in [0.4, 0.5) is 0 Å². The SMILES string of the molecule is CC=C(N)c1cncc(C)c1. The van der Waals surface area contributed by atoms with Gasteiger partial charge in [0.05, 0.1) is 0 Å². The topological polar surface area (TPSA) is 38.9 Å². The van der Waals surface area contributed by atoms with E-state index in [1.807, 2.05) is 32.2 Å². The molecule has 0 aromatic carbocycles. The summed E-state index contributed by atoms with van der Waals surface area (Å²) in [7, 11) is 0. The minimum absolute atomic E-state index is 0.779. The minimum atomic E-state index is 0.779. The van der Waals surface area contributed by atoms with Crippen molar-refractivity contribution in [1.29, 1.82) is 0 Å². The van der Waals surface area contributed by atoms with E-state index in [1.165, 1.54) is 0 Å². The summed E-state index contributed by atoms with van der Waals surface area (Å²) in [6.45, 7) is 3.91. The van der Waals surface area contributed by atoms with Crippen molar-refractivity contribution in [2.24, 2.45) is 5.73 Å². The molecule has 0 atom stereocenters. The molecule has 0 unspecified atom stereocenters. The lowest BCUT2D eigenvalue weighted by atomic mass is 10.2. The normalized spacial score (nSPS) is 11.6. The Morgan fingerprint density at radius 1 is 1.55 bits per heavy atom. The number of rotatable bonds is 1. The van der Waals surface area contributed by atoms with Gasteiger partial charge in [-0.1, -0.05) is 6.08 Å². The summed E-state index contributed by atoms with van der Waals surface area (Å²) in [4.78, 5) is 4.03. The predicted octanol–water partition coefficient (Wildman–Crippen LogP) is 1.71. The van der Waals surface area contributed by atoms with Crippen LogP contribution in [0.15, 0.2) is 24.5 Å². The Morgan fingerprint density at radius 3 is 2.82 bits per heavy atom. The molecule has 2 heteroatoms. The van der Waals surface area contributed by atoms with E-state index >= 15 is 0 Å². The van der Waals surface area contributed by atoms with Crippen molar-refractivity contribution in [3.8, 4) is 0 Å². The molecule has 2 N–H and O–H groups in total. The highest BCUT2D eigenvalue weighted by Crippen LogP contribution is 2.07. The van der Waals surface area contributed by atoms with E-state index in [0.717, 1.165) is 16.8 Å². The zero-order chi connectivity index (χ0) is 8.27. The minimum Gasteiger partial charge on any atom is -0.398 e. The quantitative estimate of drug-likeness (QED) is 0.658. The van der Waals surface area contributed by atoms with Crippen molar-refractivity contribution >= 4 is 5.70 Å². The van der Waals surface area contributed by atoms with Gasteiger partial charge in [0.2, 0.25) is 0 Å². The average Bonchev–Trinajstić information content (AvgIpc) is 2.03. The van der Waals surface area contributed by atoms with Crippen LogP contribution >= 0.6 is 0 Å². The highest BCUT2D eigenvalue weighted by atomic mass is 14.6. The summed E-state index contributed by atoms with van der Waals surface area (Å²) in [6, 6.07) is 2.02. The molecule has 1 heterocycles. The molecule has 1 rings (SSSR count). The first kappa shape index (κ1) is 7.79. The largest absolute Gasteiger partial charge is 0.398 e. The molecule has 11 heavy (non-hydrogen) atoms. The lowest BCUT2D eigenvalue weighted by molar-refractivity contribution is 1.24. The third kappa shape index (κ3) is 1.80. The molecule has 0 saturated carbocycles. The summed E-state index contributed by atoms with van der Waals surface area (Å²) < 4.78 is 0. The van der Waals surface area contributed by atoms with Crippen LogP contribution in [0.5, 0.6) is 0 Å². The molecule has 0 radical (unpaired) electrons. The fourth-order valence-corrected chi connectivity index (χ4v) is 0.879. The van der Waals surface area contributed by atoms with Crippen LogP contribution in [0.25, 0.3) is 5.70 Å². The van der Waals surface area contributed by atoms with Gasteiger partial charge in [-0.2, -0.15) is 0 Å². The number of nitrogens with zero attached hydrogens (tertiary/aromatic N) is 1. The Morgan fingerprint density at radius 2 is 2.27 bits per heavy atom. The first-order valence-electron chi connectivity index (χ1n) is 3.58. The molecule has 0 spiro atoms. The first-order valence-corrected chi connectivity index (χ1v) is 3.58. The van der Waals surface area contributed by atoms with E-state index in [2.05, 4.69) is 4.98 Å². The van der Waals surface area contributed by atoms with Crippen molar-refractivity contribution in [2.75, 3.05) is 0 Å².